The molecule has 0 spiro atoms. The third kappa shape index (κ3) is 3.41. The summed E-state index contributed by atoms with van der Waals surface area (Å²) in [5, 5.41) is 14.7. The molecule has 1 aliphatic carbocycles. The van der Waals surface area contributed by atoms with Crippen molar-refractivity contribution in [2.75, 3.05) is 6.61 Å². The molecule has 1 atom stereocenters. The molecule has 1 aliphatic heterocycles. The van der Waals surface area contributed by atoms with Crippen LogP contribution in [0.5, 0.6) is 0 Å². The highest BCUT2D eigenvalue weighted by molar-refractivity contribution is 5.38. The monoisotopic (exact) mass is 351 g/mol. The smallest absolute Gasteiger partial charge is 0.137 e. The first kappa shape index (κ1) is 17.0. The number of rotatable bonds is 6. The number of aryl methyl sites for hydroxylation is 2. The second kappa shape index (κ2) is 7.02. The van der Waals surface area contributed by atoms with E-state index in [1.807, 2.05) is 19.9 Å². The van der Waals surface area contributed by atoms with Gasteiger partial charge in [0, 0.05) is 29.6 Å². The van der Waals surface area contributed by atoms with E-state index < -0.39 is 0 Å². The Morgan fingerprint density at radius 3 is 2.54 bits per heavy atom. The molecule has 1 aromatic heterocycles. The Labute approximate surface area is 154 Å². The molecule has 0 radical (unpaired) electrons. The summed E-state index contributed by atoms with van der Waals surface area (Å²) in [5.74, 6) is 2.95. The number of aliphatic hydroxyl groups is 1. The fraction of sp³-hybridized carbons (Fsp3) is 0.409. The highest BCUT2D eigenvalue weighted by Crippen LogP contribution is 2.48. The first-order valence-corrected chi connectivity index (χ1v) is 9.35. The minimum Gasteiger partial charge on any atom is -0.508 e. The molecule has 4 rings (SSSR count). The van der Waals surface area contributed by atoms with Gasteiger partial charge < -0.3 is 14.4 Å². The molecule has 0 bridgehead atoms. The zero-order chi connectivity index (χ0) is 18.1. The Kier molecular flexibility index (Phi) is 4.58. The molecular formula is C22H25NO3. The van der Waals surface area contributed by atoms with Gasteiger partial charge in [-0.25, -0.2) is 0 Å². The Balaban J connectivity index is 1.52. The van der Waals surface area contributed by atoms with Gasteiger partial charge in [-0.3, -0.25) is 0 Å². The minimum atomic E-state index is 0.261. The van der Waals surface area contributed by atoms with Gasteiger partial charge in [0.05, 0.1) is 5.69 Å². The lowest BCUT2D eigenvalue weighted by Gasteiger charge is -2.26. The van der Waals surface area contributed by atoms with Crippen LogP contribution < -0.4 is 0 Å². The fourth-order valence-corrected chi connectivity index (χ4v) is 3.88. The molecule has 136 valence electrons. The molecule has 1 aromatic carbocycles. The third-order valence-electron chi connectivity index (χ3n) is 5.47. The summed E-state index contributed by atoms with van der Waals surface area (Å²) in [4.78, 5) is 0. The Morgan fingerprint density at radius 2 is 1.92 bits per heavy atom. The first-order chi connectivity index (χ1) is 12.6. The summed E-state index contributed by atoms with van der Waals surface area (Å²) in [6.07, 6.45) is 5.78. The zero-order valence-corrected chi connectivity index (χ0v) is 15.4. The lowest BCUT2D eigenvalue weighted by atomic mass is 9.85. The normalized spacial score (nSPS) is 18.5. The van der Waals surface area contributed by atoms with Crippen LogP contribution in [0, 0.1) is 19.8 Å². The lowest BCUT2D eigenvalue weighted by molar-refractivity contribution is 0.203. The van der Waals surface area contributed by atoms with E-state index in [-0.39, 0.29) is 5.92 Å². The van der Waals surface area contributed by atoms with Crippen molar-refractivity contribution in [3.63, 3.8) is 0 Å². The van der Waals surface area contributed by atoms with Crippen LogP contribution >= 0.6 is 0 Å². The van der Waals surface area contributed by atoms with E-state index in [0.717, 1.165) is 41.2 Å². The van der Waals surface area contributed by atoms with Crippen LogP contribution in [-0.4, -0.2) is 16.9 Å². The standard InChI is InChI=1S/C22H25NO3/c1-14-19(15(2)26-23-14)11-10-18-12-21(24)20(13-25-18)22(17-8-9-17)16-6-4-3-5-7-16/h3-7,12,17,22,24H,8-11,13H2,1-2H3. The molecule has 4 nitrogen and oxygen atoms in total. The van der Waals surface area contributed by atoms with E-state index in [2.05, 4.69) is 29.4 Å². The van der Waals surface area contributed by atoms with Gasteiger partial charge in [0.2, 0.25) is 0 Å². The van der Waals surface area contributed by atoms with Crippen molar-refractivity contribution >= 4 is 0 Å². The van der Waals surface area contributed by atoms with Gasteiger partial charge in [-0.05, 0) is 44.6 Å². The largest absolute Gasteiger partial charge is 0.508 e. The summed E-state index contributed by atoms with van der Waals surface area (Å²) in [6.45, 7) is 4.36. The topological polar surface area (TPSA) is 55.5 Å². The number of hydrogen-bond donors (Lipinski definition) is 1. The molecule has 0 amide bonds. The van der Waals surface area contributed by atoms with Crippen LogP contribution in [0.15, 0.2) is 58.0 Å². The van der Waals surface area contributed by atoms with Crippen molar-refractivity contribution in [1.29, 1.82) is 0 Å². The molecule has 1 unspecified atom stereocenters. The first-order valence-electron chi connectivity index (χ1n) is 9.35. The summed E-state index contributed by atoms with van der Waals surface area (Å²) >= 11 is 0. The number of ether oxygens (including phenoxy) is 1. The number of aromatic nitrogens is 1. The van der Waals surface area contributed by atoms with Crippen molar-refractivity contribution in [1.82, 2.24) is 5.16 Å². The van der Waals surface area contributed by atoms with Crippen LogP contribution in [0.25, 0.3) is 0 Å². The summed E-state index contributed by atoms with van der Waals surface area (Å²) in [5.41, 5.74) is 4.34. The average Bonchev–Trinajstić information content (AvgIpc) is 3.42. The molecule has 1 fully saturated rings. The molecule has 0 saturated heterocycles. The number of allylic oxidation sites excluding steroid dienone is 2. The predicted octanol–water partition coefficient (Wildman–Crippen LogP) is 5.14. The summed E-state index contributed by atoms with van der Waals surface area (Å²) < 4.78 is 11.2. The second-order valence-corrected chi connectivity index (χ2v) is 7.34. The van der Waals surface area contributed by atoms with E-state index >= 15 is 0 Å². The van der Waals surface area contributed by atoms with Gasteiger partial charge in [0.15, 0.2) is 0 Å². The van der Waals surface area contributed by atoms with E-state index in [0.29, 0.717) is 18.3 Å². The molecule has 2 heterocycles. The molecule has 1 N–H and O–H groups in total. The van der Waals surface area contributed by atoms with E-state index in [9.17, 15) is 5.11 Å². The molecule has 26 heavy (non-hydrogen) atoms. The van der Waals surface area contributed by atoms with E-state index in [1.165, 1.54) is 18.4 Å². The molecule has 2 aromatic rings. The second-order valence-electron chi connectivity index (χ2n) is 7.34. The predicted molar refractivity (Wildman–Crippen MR) is 99.9 cm³/mol. The average molecular weight is 351 g/mol. The Morgan fingerprint density at radius 1 is 1.15 bits per heavy atom. The van der Waals surface area contributed by atoms with Gasteiger partial charge in [0.1, 0.15) is 23.9 Å². The third-order valence-corrected chi connectivity index (χ3v) is 5.47. The molecule has 4 heteroatoms. The Hall–Kier alpha value is -2.49. The van der Waals surface area contributed by atoms with Gasteiger partial charge in [-0.1, -0.05) is 35.5 Å². The van der Waals surface area contributed by atoms with Gasteiger partial charge in [0.25, 0.3) is 0 Å². The van der Waals surface area contributed by atoms with Crippen molar-refractivity contribution in [2.45, 2.75) is 45.4 Å². The van der Waals surface area contributed by atoms with Crippen LogP contribution in [0.1, 0.15) is 47.8 Å². The SMILES string of the molecule is Cc1noc(C)c1CCC1=CC(O)=C(C(c2ccccc2)C2CC2)CO1. The van der Waals surface area contributed by atoms with Gasteiger partial charge in [-0.2, -0.15) is 0 Å². The van der Waals surface area contributed by atoms with E-state index in [4.69, 9.17) is 9.26 Å². The number of benzene rings is 1. The quantitative estimate of drug-likeness (QED) is 0.782. The molecule has 2 aliphatic rings. The lowest BCUT2D eigenvalue weighted by Crippen LogP contribution is -2.16. The van der Waals surface area contributed by atoms with Crippen molar-refractivity contribution in [3.8, 4) is 0 Å². The number of nitrogens with zero attached hydrogens (tertiary/aromatic N) is 1. The van der Waals surface area contributed by atoms with E-state index in [1.54, 1.807) is 6.08 Å². The molecular weight excluding hydrogens is 326 g/mol. The van der Waals surface area contributed by atoms with Crippen LogP contribution in [0.3, 0.4) is 0 Å². The summed E-state index contributed by atoms with van der Waals surface area (Å²) in [7, 11) is 0. The van der Waals surface area contributed by atoms with Crippen LogP contribution in [0.2, 0.25) is 0 Å². The number of aliphatic hydroxyl groups excluding tert-OH is 1. The Bertz CT molecular complexity index is 824. The maximum Gasteiger partial charge on any atom is 0.137 e. The van der Waals surface area contributed by atoms with Crippen LogP contribution in [0.4, 0.5) is 0 Å². The highest BCUT2D eigenvalue weighted by atomic mass is 16.5. The van der Waals surface area contributed by atoms with Gasteiger partial charge >= 0.3 is 0 Å². The van der Waals surface area contributed by atoms with Crippen molar-refractivity contribution in [2.24, 2.45) is 5.92 Å². The minimum absolute atomic E-state index is 0.261. The zero-order valence-electron chi connectivity index (χ0n) is 15.4. The van der Waals surface area contributed by atoms with Crippen LogP contribution in [-0.2, 0) is 11.2 Å². The fourth-order valence-electron chi connectivity index (χ4n) is 3.88. The van der Waals surface area contributed by atoms with Gasteiger partial charge in [-0.15, -0.1) is 0 Å². The number of hydrogen-bond acceptors (Lipinski definition) is 4. The summed E-state index contributed by atoms with van der Waals surface area (Å²) in [6, 6.07) is 10.5. The van der Waals surface area contributed by atoms with Crippen molar-refractivity contribution in [3.05, 3.63) is 76.1 Å². The maximum atomic E-state index is 10.7. The highest BCUT2D eigenvalue weighted by Gasteiger charge is 2.37. The maximum absolute atomic E-state index is 10.7. The van der Waals surface area contributed by atoms with Crippen molar-refractivity contribution < 1.29 is 14.4 Å². The molecule has 1 saturated carbocycles.